The standard InChI is InChI=1S/C33H34F3N5O2/c34-33(35,36)27-8-7-25(31(20-27)30-6-2-1-5-26(30)23-41-17-15-37-16-18-41)13-19-43-29-11-9-28(10-12-29)40-32(42)39-22-24-4-3-14-38-21-24/h1-12,14,20-21,37H,13,15-19,22-23H2,(H2,39,40,42). The van der Waals surface area contributed by atoms with E-state index in [-0.39, 0.29) is 12.6 Å². The molecule has 1 aliphatic heterocycles. The fraction of sp³-hybridized carbons (Fsp3) is 0.273. The van der Waals surface area contributed by atoms with Crippen LogP contribution in [-0.4, -0.2) is 48.7 Å². The lowest BCUT2D eigenvalue weighted by Crippen LogP contribution is -2.42. The van der Waals surface area contributed by atoms with Crippen molar-refractivity contribution in [2.45, 2.75) is 25.7 Å². The van der Waals surface area contributed by atoms with Crippen LogP contribution in [0.5, 0.6) is 5.75 Å². The number of hydrogen-bond acceptors (Lipinski definition) is 5. The molecule has 0 atom stereocenters. The van der Waals surface area contributed by atoms with Crippen LogP contribution in [0.4, 0.5) is 23.7 Å². The number of benzene rings is 3. The smallest absolute Gasteiger partial charge is 0.416 e. The van der Waals surface area contributed by atoms with Crippen LogP contribution >= 0.6 is 0 Å². The molecule has 3 aromatic carbocycles. The number of nitrogens with one attached hydrogen (secondary N) is 3. The van der Waals surface area contributed by atoms with Crippen LogP contribution in [0.25, 0.3) is 11.1 Å². The number of piperazine rings is 1. The van der Waals surface area contributed by atoms with Crippen molar-refractivity contribution < 1.29 is 22.7 Å². The third-order valence-corrected chi connectivity index (χ3v) is 7.28. The Morgan fingerprint density at radius 3 is 2.47 bits per heavy atom. The number of aromatic nitrogens is 1. The predicted molar refractivity (Wildman–Crippen MR) is 161 cm³/mol. The minimum Gasteiger partial charge on any atom is -0.493 e. The van der Waals surface area contributed by atoms with Crippen molar-refractivity contribution in [2.24, 2.45) is 0 Å². The van der Waals surface area contributed by atoms with Gasteiger partial charge in [0.05, 0.1) is 12.2 Å². The van der Waals surface area contributed by atoms with E-state index in [1.807, 2.05) is 30.3 Å². The van der Waals surface area contributed by atoms with Crippen molar-refractivity contribution in [3.63, 3.8) is 0 Å². The van der Waals surface area contributed by atoms with Crippen molar-refractivity contribution in [3.05, 3.63) is 114 Å². The van der Waals surface area contributed by atoms with Crippen LogP contribution in [0.2, 0.25) is 0 Å². The lowest BCUT2D eigenvalue weighted by Gasteiger charge is -2.28. The highest BCUT2D eigenvalue weighted by Gasteiger charge is 2.31. The van der Waals surface area contributed by atoms with Gasteiger partial charge in [-0.05, 0) is 70.3 Å². The molecule has 0 unspecified atom stereocenters. The first-order valence-corrected chi connectivity index (χ1v) is 14.2. The molecule has 0 bridgehead atoms. The molecule has 10 heteroatoms. The molecule has 7 nitrogen and oxygen atoms in total. The van der Waals surface area contributed by atoms with Gasteiger partial charge in [-0.3, -0.25) is 9.88 Å². The van der Waals surface area contributed by atoms with Gasteiger partial charge < -0.3 is 20.7 Å². The lowest BCUT2D eigenvalue weighted by atomic mass is 9.92. The molecule has 0 radical (unpaired) electrons. The van der Waals surface area contributed by atoms with E-state index < -0.39 is 11.7 Å². The molecule has 2 amide bonds. The molecule has 1 aromatic heterocycles. The summed E-state index contributed by atoms with van der Waals surface area (Å²) in [4.78, 5) is 18.6. The minimum atomic E-state index is -4.44. The molecule has 1 aliphatic rings. The predicted octanol–water partition coefficient (Wildman–Crippen LogP) is 6.12. The zero-order chi connectivity index (χ0) is 30.1. The number of urea groups is 1. The number of carbonyl (C=O) groups excluding carboxylic acids is 1. The van der Waals surface area contributed by atoms with Crippen LogP contribution in [0, 0.1) is 0 Å². The average Bonchev–Trinajstić information content (AvgIpc) is 3.02. The topological polar surface area (TPSA) is 78.5 Å². The number of amides is 2. The summed E-state index contributed by atoms with van der Waals surface area (Å²) in [5, 5.41) is 8.88. The van der Waals surface area contributed by atoms with Gasteiger partial charge >= 0.3 is 12.2 Å². The van der Waals surface area contributed by atoms with E-state index in [0.717, 1.165) is 54.5 Å². The summed E-state index contributed by atoms with van der Waals surface area (Å²) in [7, 11) is 0. The minimum absolute atomic E-state index is 0.275. The summed E-state index contributed by atoms with van der Waals surface area (Å²) in [5.74, 6) is 0.592. The molecule has 1 fully saturated rings. The molecular weight excluding hydrogens is 555 g/mol. The number of carbonyl (C=O) groups is 1. The zero-order valence-corrected chi connectivity index (χ0v) is 23.7. The first-order valence-electron chi connectivity index (χ1n) is 14.2. The van der Waals surface area contributed by atoms with Gasteiger partial charge in [-0.25, -0.2) is 4.79 Å². The molecule has 5 rings (SSSR count). The molecular formula is C33H34F3N5O2. The third-order valence-electron chi connectivity index (χ3n) is 7.28. The molecule has 0 aliphatic carbocycles. The second kappa shape index (κ2) is 14.2. The van der Waals surface area contributed by atoms with Crippen molar-refractivity contribution >= 4 is 11.7 Å². The molecule has 0 saturated carbocycles. The van der Waals surface area contributed by atoms with Crippen molar-refractivity contribution in [1.29, 1.82) is 0 Å². The Labute approximate surface area is 249 Å². The molecule has 1 saturated heterocycles. The monoisotopic (exact) mass is 589 g/mol. The molecule has 0 spiro atoms. The maximum absolute atomic E-state index is 13.7. The Bertz CT molecular complexity index is 1490. The lowest BCUT2D eigenvalue weighted by molar-refractivity contribution is -0.137. The number of pyridine rings is 1. The van der Waals surface area contributed by atoms with Crippen LogP contribution in [0.15, 0.2) is 91.3 Å². The highest BCUT2D eigenvalue weighted by atomic mass is 19.4. The SMILES string of the molecule is O=C(NCc1cccnc1)Nc1ccc(OCCc2ccc(C(F)(F)F)cc2-c2ccccc2CN2CCNCC2)cc1. The van der Waals surface area contributed by atoms with Crippen LogP contribution < -0.4 is 20.7 Å². The van der Waals surface area contributed by atoms with Gasteiger partial charge in [0.15, 0.2) is 0 Å². The van der Waals surface area contributed by atoms with Gasteiger partial charge in [0.25, 0.3) is 0 Å². The summed E-state index contributed by atoms with van der Waals surface area (Å²) in [6.45, 7) is 4.87. The number of anilines is 1. The van der Waals surface area contributed by atoms with E-state index in [2.05, 4.69) is 25.8 Å². The third kappa shape index (κ3) is 8.56. The molecule has 2 heterocycles. The first kappa shape index (κ1) is 30.1. The normalized spacial score (nSPS) is 13.8. The van der Waals surface area contributed by atoms with Gasteiger partial charge in [0.2, 0.25) is 0 Å². The molecule has 224 valence electrons. The van der Waals surface area contributed by atoms with Crippen molar-refractivity contribution in [1.82, 2.24) is 20.5 Å². The van der Waals surface area contributed by atoms with Gasteiger partial charge in [-0.2, -0.15) is 13.2 Å². The largest absolute Gasteiger partial charge is 0.493 e. The van der Waals surface area contributed by atoms with E-state index in [4.69, 9.17) is 4.74 Å². The molecule has 3 N–H and O–H groups in total. The number of ether oxygens (including phenoxy) is 1. The molecule has 43 heavy (non-hydrogen) atoms. The summed E-state index contributed by atoms with van der Waals surface area (Å²) >= 11 is 0. The highest BCUT2D eigenvalue weighted by molar-refractivity contribution is 5.89. The van der Waals surface area contributed by atoms with Crippen molar-refractivity contribution in [2.75, 3.05) is 38.1 Å². The van der Waals surface area contributed by atoms with E-state index in [9.17, 15) is 18.0 Å². The van der Waals surface area contributed by atoms with Crippen LogP contribution in [0.1, 0.15) is 22.3 Å². The summed E-state index contributed by atoms with van der Waals surface area (Å²) in [6.07, 6.45) is -0.661. The van der Waals surface area contributed by atoms with Crippen molar-refractivity contribution in [3.8, 4) is 16.9 Å². The summed E-state index contributed by atoms with van der Waals surface area (Å²) < 4.78 is 47.1. The summed E-state index contributed by atoms with van der Waals surface area (Å²) in [6, 6.07) is 21.9. The van der Waals surface area contributed by atoms with E-state index in [1.54, 1.807) is 48.8 Å². The maximum atomic E-state index is 13.7. The van der Waals surface area contributed by atoms with Gasteiger partial charge in [0.1, 0.15) is 5.75 Å². The Morgan fingerprint density at radius 2 is 1.72 bits per heavy atom. The number of nitrogens with zero attached hydrogens (tertiary/aromatic N) is 2. The Balaban J connectivity index is 1.23. The second-order valence-corrected chi connectivity index (χ2v) is 10.3. The fourth-order valence-corrected chi connectivity index (χ4v) is 5.03. The Morgan fingerprint density at radius 1 is 0.930 bits per heavy atom. The highest BCUT2D eigenvalue weighted by Crippen LogP contribution is 2.36. The van der Waals surface area contributed by atoms with Crippen LogP contribution in [-0.2, 0) is 25.7 Å². The maximum Gasteiger partial charge on any atom is 0.416 e. The fourth-order valence-electron chi connectivity index (χ4n) is 5.03. The molecule has 4 aromatic rings. The summed E-state index contributed by atoms with van der Waals surface area (Å²) in [5.41, 5.74) is 3.97. The van der Waals surface area contributed by atoms with E-state index in [0.29, 0.717) is 36.5 Å². The van der Waals surface area contributed by atoms with Gasteiger partial charge in [-0.15, -0.1) is 0 Å². The number of hydrogen-bond donors (Lipinski definition) is 3. The Hall–Kier alpha value is -4.41. The first-order chi connectivity index (χ1) is 20.8. The van der Waals surface area contributed by atoms with Crippen LogP contribution in [0.3, 0.4) is 0 Å². The number of alkyl halides is 3. The number of halogens is 3. The van der Waals surface area contributed by atoms with Gasteiger partial charge in [0, 0.05) is 63.8 Å². The van der Waals surface area contributed by atoms with E-state index >= 15 is 0 Å². The second-order valence-electron chi connectivity index (χ2n) is 10.3. The van der Waals surface area contributed by atoms with Gasteiger partial charge in [-0.1, -0.05) is 36.4 Å². The quantitative estimate of drug-likeness (QED) is 0.208. The zero-order valence-electron chi connectivity index (χ0n) is 23.7. The Kier molecular flexibility index (Phi) is 9.91. The van der Waals surface area contributed by atoms with E-state index in [1.165, 1.54) is 6.07 Å². The average molecular weight is 590 g/mol. The number of rotatable bonds is 10.